The molecule has 2 rings (SSSR count). The van der Waals surface area contributed by atoms with Crippen LogP contribution in [-0.4, -0.2) is 35.6 Å². The number of hydrogen-bond acceptors (Lipinski definition) is 2. The Morgan fingerprint density at radius 2 is 2.06 bits per heavy atom. The molecule has 0 fully saturated rings. The maximum Gasteiger partial charge on any atom is 0.219 e. The van der Waals surface area contributed by atoms with Gasteiger partial charge in [-0.25, -0.2) is 0 Å². The first-order valence-electron chi connectivity index (χ1n) is 5.85. The zero-order valence-corrected chi connectivity index (χ0v) is 10.0. The summed E-state index contributed by atoms with van der Waals surface area (Å²) in [6.07, 6.45) is 0.819. The Bertz CT molecular complexity index is 437. The molecule has 1 aliphatic rings. The molecule has 1 aliphatic heterocycles. The van der Waals surface area contributed by atoms with Crippen molar-refractivity contribution in [2.75, 3.05) is 19.7 Å². The van der Waals surface area contributed by atoms with Crippen LogP contribution in [0.25, 0.3) is 5.57 Å². The smallest absolute Gasteiger partial charge is 0.219 e. The van der Waals surface area contributed by atoms with Crippen molar-refractivity contribution in [2.24, 2.45) is 0 Å². The molecular formula is C14H17NO2. The number of benzene rings is 1. The lowest BCUT2D eigenvalue weighted by atomic mass is 9.94. The summed E-state index contributed by atoms with van der Waals surface area (Å²) in [5.74, 6) is 0.0723. The molecule has 1 amide bonds. The van der Waals surface area contributed by atoms with Gasteiger partial charge in [-0.3, -0.25) is 4.79 Å². The van der Waals surface area contributed by atoms with Crippen LogP contribution in [0.3, 0.4) is 0 Å². The fourth-order valence-electron chi connectivity index (χ4n) is 2.23. The number of carbonyl (C=O) groups is 1. The number of aliphatic hydroxyl groups is 1. The first-order chi connectivity index (χ1) is 8.22. The third-order valence-corrected chi connectivity index (χ3v) is 3.20. The average Bonchev–Trinajstić information content (AvgIpc) is 2.39. The predicted molar refractivity (Wildman–Crippen MR) is 67.3 cm³/mol. The lowest BCUT2D eigenvalue weighted by Crippen LogP contribution is -2.36. The van der Waals surface area contributed by atoms with E-state index in [2.05, 4.69) is 12.1 Å². The number of carbonyl (C=O) groups excluding carboxylic acids is 1. The van der Waals surface area contributed by atoms with Crippen molar-refractivity contribution in [1.29, 1.82) is 0 Å². The molecule has 0 bridgehead atoms. The fraction of sp³-hybridized carbons (Fsp3) is 0.357. The standard InChI is InChI=1S/C14H17NO2/c1-11(17)15-8-7-14(13(9-15)10-16)12-5-3-2-4-6-12/h2-6,16H,7-10H2,1H3. The summed E-state index contributed by atoms with van der Waals surface area (Å²) in [5, 5.41) is 9.43. The normalized spacial score (nSPS) is 16.2. The highest BCUT2D eigenvalue weighted by Crippen LogP contribution is 2.27. The molecule has 0 atom stereocenters. The molecule has 1 aromatic carbocycles. The highest BCUT2D eigenvalue weighted by Gasteiger charge is 2.20. The summed E-state index contributed by atoms with van der Waals surface area (Å²) in [7, 11) is 0. The van der Waals surface area contributed by atoms with Gasteiger partial charge in [0.15, 0.2) is 0 Å². The molecule has 0 radical (unpaired) electrons. The van der Waals surface area contributed by atoms with E-state index >= 15 is 0 Å². The first kappa shape index (κ1) is 11.9. The summed E-state index contributed by atoms with van der Waals surface area (Å²) in [6.45, 7) is 2.88. The van der Waals surface area contributed by atoms with Gasteiger partial charge >= 0.3 is 0 Å². The summed E-state index contributed by atoms with van der Waals surface area (Å²) in [6, 6.07) is 10.1. The van der Waals surface area contributed by atoms with Crippen LogP contribution in [0.1, 0.15) is 18.9 Å². The van der Waals surface area contributed by atoms with Crippen LogP contribution in [0.5, 0.6) is 0 Å². The van der Waals surface area contributed by atoms with Gasteiger partial charge in [-0.1, -0.05) is 30.3 Å². The highest BCUT2D eigenvalue weighted by molar-refractivity contribution is 5.77. The van der Waals surface area contributed by atoms with E-state index in [9.17, 15) is 9.90 Å². The Morgan fingerprint density at radius 3 is 2.65 bits per heavy atom. The molecule has 1 heterocycles. The summed E-state index contributed by atoms with van der Waals surface area (Å²) < 4.78 is 0. The topological polar surface area (TPSA) is 40.5 Å². The van der Waals surface area contributed by atoms with Gasteiger partial charge in [0.05, 0.1) is 6.61 Å². The molecule has 0 spiro atoms. The Balaban J connectivity index is 2.30. The van der Waals surface area contributed by atoms with Crippen LogP contribution in [0.2, 0.25) is 0 Å². The largest absolute Gasteiger partial charge is 0.392 e. The third-order valence-electron chi connectivity index (χ3n) is 3.20. The molecule has 0 aliphatic carbocycles. The van der Waals surface area contributed by atoms with Gasteiger partial charge in [0.2, 0.25) is 5.91 Å². The van der Waals surface area contributed by atoms with Gasteiger partial charge in [0.25, 0.3) is 0 Å². The van der Waals surface area contributed by atoms with Gasteiger partial charge in [-0.05, 0) is 23.1 Å². The third kappa shape index (κ3) is 2.56. The molecule has 1 N–H and O–H groups in total. The van der Waals surface area contributed by atoms with E-state index < -0.39 is 0 Å². The summed E-state index contributed by atoms with van der Waals surface area (Å²) in [5.41, 5.74) is 3.29. The van der Waals surface area contributed by atoms with Crippen molar-refractivity contribution in [1.82, 2.24) is 4.90 Å². The maximum absolute atomic E-state index is 11.3. The van der Waals surface area contributed by atoms with Crippen LogP contribution >= 0.6 is 0 Å². The predicted octanol–water partition coefficient (Wildman–Crippen LogP) is 1.68. The van der Waals surface area contributed by atoms with E-state index in [-0.39, 0.29) is 12.5 Å². The number of amides is 1. The van der Waals surface area contributed by atoms with Gasteiger partial charge in [0, 0.05) is 20.0 Å². The molecule has 0 unspecified atom stereocenters. The van der Waals surface area contributed by atoms with E-state index in [1.54, 1.807) is 11.8 Å². The highest BCUT2D eigenvalue weighted by atomic mass is 16.3. The minimum absolute atomic E-state index is 0.0218. The van der Waals surface area contributed by atoms with E-state index in [0.717, 1.165) is 24.1 Å². The lowest BCUT2D eigenvalue weighted by molar-refractivity contribution is -0.128. The molecule has 3 nitrogen and oxygen atoms in total. The lowest BCUT2D eigenvalue weighted by Gasteiger charge is -2.29. The summed E-state index contributed by atoms with van der Waals surface area (Å²) in [4.78, 5) is 13.1. The van der Waals surface area contributed by atoms with Crippen LogP contribution in [0.15, 0.2) is 35.9 Å². The van der Waals surface area contributed by atoms with Crippen LogP contribution in [-0.2, 0) is 4.79 Å². The average molecular weight is 231 g/mol. The minimum Gasteiger partial charge on any atom is -0.392 e. The maximum atomic E-state index is 11.3. The van der Waals surface area contributed by atoms with Crippen molar-refractivity contribution >= 4 is 11.5 Å². The van der Waals surface area contributed by atoms with Crippen molar-refractivity contribution < 1.29 is 9.90 Å². The second-order valence-electron chi connectivity index (χ2n) is 4.30. The van der Waals surface area contributed by atoms with Crippen LogP contribution < -0.4 is 0 Å². The molecule has 0 saturated heterocycles. The van der Waals surface area contributed by atoms with E-state index in [0.29, 0.717) is 6.54 Å². The van der Waals surface area contributed by atoms with Gasteiger partial charge in [-0.15, -0.1) is 0 Å². The van der Waals surface area contributed by atoms with Crippen LogP contribution in [0.4, 0.5) is 0 Å². The second kappa shape index (κ2) is 5.15. The zero-order chi connectivity index (χ0) is 12.3. The molecule has 17 heavy (non-hydrogen) atoms. The Kier molecular flexibility index (Phi) is 3.59. The molecular weight excluding hydrogens is 214 g/mol. The molecule has 90 valence electrons. The van der Waals surface area contributed by atoms with Gasteiger partial charge in [0.1, 0.15) is 0 Å². The number of rotatable bonds is 2. The fourth-order valence-corrected chi connectivity index (χ4v) is 2.23. The first-order valence-corrected chi connectivity index (χ1v) is 5.85. The van der Waals surface area contributed by atoms with E-state index in [1.807, 2.05) is 18.2 Å². The number of nitrogens with zero attached hydrogens (tertiary/aromatic N) is 1. The van der Waals surface area contributed by atoms with E-state index in [1.165, 1.54) is 5.57 Å². The molecule has 0 aromatic heterocycles. The van der Waals surface area contributed by atoms with Crippen molar-refractivity contribution in [3.8, 4) is 0 Å². The summed E-state index contributed by atoms with van der Waals surface area (Å²) >= 11 is 0. The number of aliphatic hydroxyl groups excluding tert-OH is 1. The molecule has 3 heteroatoms. The Labute approximate surface area is 101 Å². The monoisotopic (exact) mass is 231 g/mol. The van der Waals surface area contributed by atoms with Crippen molar-refractivity contribution in [2.45, 2.75) is 13.3 Å². The van der Waals surface area contributed by atoms with Crippen LogP contribution in [0, 0.1) is 0 Å². The van der Waals surface area contributed by atoms with Crippen molar-refractivity contribution in [3.63, 3.8) is 0 Å². The number of hydrogen-bond donors (Lipinski definition) is 1. The van der Waals surface area contributed by atoms with E-state index in [4.69, 9.17) is 0 Å². The molecule has 0 saturated carbocycles. The minimum atomic E-state index is 0.0218. The zero-order valence-electron chi connectivity index (χ0n) is 10.0. The molecule has 1 aromatic rings. The van der Waals surface area contributed by atoms with Gasteiger partial charge in [-0.2, -0.15) is 0 Å². The quantitative estimate of drug-likeness (QED) is 0.841. The Morgan fingerprint density at radius 1 is 1.35 bits per heavy atom. The Hall–Kier alpha value is -1.61. The second-order valence-corrected chi connectivity index (χ2v) is 4.30. The SMILES string of the molecule is CC(=O)N1CCC(c2ccccc2)=C(CO)C1. The van der Waals surface area contributed by atoms with Crippen molar-refractivity contribution in [3.05, 3.63) is 41.5 Å². The van der Waals surface area contributed by atoms with Gasteiger partial charge < -0.3 is 10.0 Å².